The zero-order valence-electron chi connectivity index (χ0n) is 9.84. The maximum atomic E-state index is 8.31. The van der Waals surface area contributed by atoms with Crippen LogP contribution < -0.4 is 4.74 Å². The van der Waals surface area contributed by atoms with E-state index in [4.69, 9.17) is 10.3 Å². The molecule has 0 aliphatic rings. The summed E-state index contributed by atoms with van der Waals surface area (Å²) in [5, 5.41) is 4.63. The number of rotatable bonds is 4. The van der Waals surface area contributed by atoms with Gasteiger partial charge in [0.2, 0.25) is 0 Å². The molecule has 0 amide bonds. The molecule has 0 saturated heterocycles. The fraction of sp³-hybridized carbons (Fsp3) is 0.333. The largest absolute Gasteiger partial charge is 0.491 e. The predicted molar refractivity (Wildman–Crippen MR) is 66.9 cm³/mol. The van der Waals surface area contributed by atoms with Gasteiger partial charge in [0.1, 0.15) is 5.75 Å². The quantitative estimate of drug-likeness (QED) is 0.484. The summed E-state index contributed by atoms with van der Waals surface area (Å²) in [5.74, 6) is 0.838. The number of nitrogens with one attached hydrogen (secondary N) is 1. The number of nitrogens with zero attached hydrogens (tertiary/aromatic N) is 3. The van der Waals surface area contributed by atoms with E-state index in [1.54, 1.807) is 0 Å². The number of fused-ring (bicyclic) bond motifs is 1. The first-order chi connectivity index (χ1) is 8.20. The van der Waals surface area contributed by atoms with Crippen molar-refractivity contribution in [2.45, 2.75) is 26.5 Å². The monoisotopic (exact) mass is 230 g/mol. The van der Waals surface area contributed by atoms with E-state index in [1.807, 2.05) is 38.2 Å². The van der Waals surface area contributed by atoms with Gasteiger partial charge >= 0.3 is 0 Å². The molecule has 88 valence electrons. The summed E-state index contributed by atoms with van der Waals surface area (Å²) in [4.78, 5) is 5.91. The molecule has 0 saturated carbocycles. The Labute approximate surface area is 99.0 Å². The van der Waals surface area contributed by atoms with Gasteiger partial charge in [-0.2, -0.15) is 0 Å². The lowest BCUT2D eigenvalue weighted by Gasteiger charge is -2.09. The van der Waals surface area contributed by atoms with Gasteiger partial charge in [0.05, 0.1) is 12.6 Å². The highest BCUT2D eigenvalue weighted by Gasteiger charge is 2.05. The molecule has 5 heteroatoms. The molecule has 1 aromatic carbocycles. The van der Waals surface area contributed by atoms with Crippen LogP contribution in [-0.4, -0.2) is 11.1 Å². The van der Waals surface area contributed by atoms with Gasteiger partial charge in [-0.05, 0) is 37.1 Å². The average Bonchev–Trinajstić information content (AvgIpc) is 2.68. The summed E-state index contributed by atoms with van der Waals surface area (Å²) < 4.78 is 5.61. The van der Waals surface area contributed by atoms with Crippen molar-refractivity contribution in [3.63, 3.8) is 0 Å². The molecule has 1 aromatic heterocycles. The van der Waals surface area contributed by atoms with E-state index >= 15 is 0 Å². The van der Waals surface area contributed by atoms with Crippen LogP contribution in [0.5, 0.6) is 5.75 Å². The van der Waals surface area contributed by atoms with Gasteiger partial charge in [-0.1, -0.05) is 5.11 Å². The van der Waals surface area contributed by atoms with Gasteiger partial charge < -0.3 is 9.72 Å². The fourth-order valence-corrected chi connectivity index (χ4v) is 1.75. The second-order valence-corrected chi connectivity index (χ2v) is 4.08. The summed E-state index contributed by atoms with van der Waals surface area (Å²) in [6.07, 6.45) is 2.02. The molecule has 0 radical (unpaired) electrons. The first-order valence-electron chi connectivity index (χ1n) is 5.48. The number of ether oxygens (including phenoxy) is 1. The van der Waals surface area contributed by atoms with E-state index in [2.05, 4.69) is 15.0 Å². The standard InChI is InChI=1S/C12H14N4O/c1-8(2)17-10-3-4-11-9(7-15-16-13)6-14-12(11)5-10/h3-6,8,14H,7H2,1-2H3. The fourth-order valence-electron chi connectivity index (χ4n) is 1.75. The Bertz CT molecular complexity index is 567. The van der Waals surface area contributed by atoms with Crippen LogP contribution in [0.25, 0.3) is 21.3 Å². The van der Waals surface area contributed by atoms with Crippen LogP contribution in [-0.2, 0) is 6.54 Å². The molecular weight excluding hydrogens is 216 g/mol. The number of hydrogen-bond donors (Lipinski definition) is 1. The van der Waals surface area contributed by atoms with Crippen LogP contribution in [0.15, 0.2) is 29.5 Å². The zero-order chi connectivity index (χ0) is 12.3. The van der Waals surface area contributed by atoms with Crippen molar-refractivity contribution in [1.29, 1.82) is 0 Å². The zero-order valence-corrected chi connectivity index (χ0v) is 9.84. The number of hydrogen-bond acceptors (Lipinski definition) is 2. The molecule has 2 aromatic rings. The van der Waals surface area contributed by atoms with Crippen LogP contribution in [0.2, 0.25) is 0 Å². The van der Waals surface area contributed by atoms with E-state index in [-0.39, 0.29) is 6.10 Å². The molecule has 2 rings (SSSR count). The van der Waals surface area contributed by atoms with Crippen LogP contribution in [0.4, 0.5) is 0 Å². The smallest absolute Gasteiger partial charge is 0.121 e. The summed E-state index contributed by atoms with van der Waals surface area (Å²) in [6, 6.07) is 5.86. The van der Waals surface area contributed by atoms with Gasteiger partial charge in [-0.25, -0.2) is 0 Å². The number of aromatic nitrogens is 1. The molecule has 0 bridgehead atoms. The second-order valence-electron chi connectivity index (χ2n) is 4.08. The van der Waals surface area contributed by atoms with Gasteiger partial charge in [-0.3, -0.25) is 0 Å². The summed E-state index contributed by atoms with van der Waals surface area (Å²) >= 11 is 0. The van der Waals surface area contributed by atoms with Crippen molar-refractivity contribution in [1.82, 2.24) is 4.98 Å². The Morgan fingerprint density at radius 2 is 2.29 bits per heavy atom. The lowest BCUT2D eigenvalue weighted by atomic mass is 10.2. The summed E-state index contributed by atoms with van der Waals surface area (Å²) in [5.41, 5.74) is 10.3. The maximum absolute atomic E-state index is 8.31. The van der Waals surface area contributed by atoms with Crippen LogP contribution in [0.1, 0.15) is 19.4 Å². The Morgan fingerprint density at radius 1 is 1.47 bits per heavy atom. The predicted octanol–water partition coefficient (Wildman–Crippen LogP) is 3.77. The maximum Gasteiger partial charge on any atom is 0.121 e. The van der Waals surface area contributed by atoms with E-state index < -0.39 is 0 Å². The van der Waals surface area contributed by atoms with Crippen molar-refractivity contribution >= 4 is 10.9 Å². The van der Waals surface area contributed by atoms with Crippen LogP contribution >= 0.6 is 0 Å². The molecule has 5 nitrogen and oxygen atoms in total. The Morgan fingerprint density at radius 3 is 3.00 bits per heavy atom. The van der Waals surface area contributed by atoms with Crippen molar-refractivity contribution < 1.29 is 4.74 Å². The third kappa shape index (κ3) is 2.52. The second kappa shape index (κ2) is 4.80. The molecule has 0 spiro atoms. The first-order valence-corrected chi connectivity index (χ1v) is 5.48. The molecule has 1 heterocycles. The molecule has 0 fully saturated rings. The minimum Gasteiger partial charge on any atom is -0.491 e. The van der Waals surface area contributed by atoms with E-state index in [0.717, 1.165) is 22.2 Å². The number of aromatic amines is 1. The minimum atomic E-state index is 0.157. The topological polar surface area (TPSA) is 73.8 Å². The SMILES string of the molecule is CC(C)Oc1ccc2c(CN=[N+]=[N-])c[nH]c2c1. The molecule has 0 atom stereocenters. The first kappa shape index (κ1) is 11.4. The van der Waals surface area contributed by atoms with Gasteiger partial charge in [0.25, 0.3) is 0 Å². The molecule has 17 heavy (non-hydrogen) atoms. The van der Waals surface area contributed by atoms with Crippen molar-refractivity contribution in [2.75, 3.05) is 0 Å². The highest BCUT2D eigenvalue weighted by molar-refractivity contribution is 5.84. The van der Waals surface area contributed by atoms with Crippen LogP contribution in [0.3, 0.4) is 0 Å². The lowest BCUT2D eigenvalue weighted by molar-refractivity contribution is 0.242. The number of azide groups is 1. The molecular formula is C12H14N4O. The van der Waals surface area contributed by atoms with Crippen LogP contribution in [0, 0.1) is 0 Å². The number of benzene rings is 1. The Balaban J connectivity index is 2.34. The van der Waals surface area contributed by atoms with E-state index in [9.17, 15) is 0 Å². The molecule has 1 N–H and O–H groups in total. The van der Waals surface area contributed by atoms with E-state index in [1.165, 1.54) is 0 Å². The van der Waals surface area contributed by atoms with Gasteiger partial charge in [0, 0.05) is 28.1 Å². The molecule has 0 aliphatic carbocycles. The van der Waals surface area contributed by atoms with Crippen molar-refractivity contribution in [3.8, 4) is 5.75 Å². The Kier molecular flexibility index (Phi) is 3.21. The molecule has 0 unspecified atom stereocenters. The number of H-pyrrole nitrogens is 1. The summed E-state index contributed by atoms with van der Waals surface area (Å²) in [7, 11) is 0. The Hall–Kier alpha value is -2.13. The third-order valence-electron chi connectivity index (χ3n) is 2.41. The minimum absolute atomic E-state index is 0.157. The highest BCUT2D eigenvalue weighted by Crippen LogP contribution is 2.24. The third-order valence-corrected chi connectivity index (χ3v) is 2.41. The summed E-state index contributed by atoms with van der Waals surface area (Å²) in [6.45, 7) is 4.35. The molecule has 0 aliphatic heterocycles. The van der Waals surface area contributed by atoms with Crippen molar-refractivity contribution in [3.05, 3.63) is 40.4 Å². The highest BCUT2D eigenvalue weighted by atomic mass is 16.5. The van der Waals surface area contributed by atoms with E-state index in [0.29, 0.717) is 6.54 Å². The van der Waals surface area contributed by atoms with Gasteiger partial charge in [-0.15, -0.1) is 0 Å². The van der Waals surface area contributed by atoms with Gasteiger partial charge in [0.15, 0.2) is 0 Å². The lowest BCUT2D eigenvalue weighted by Crippen LogP contribution is -2.05. The normalized spacial score (nSPS) is 10.5. The van der Waals surface area contributed by atoms with Crippen molar-refractivity contribution in [2.24, 2.45) is 5.11 Å². The average molecular weight is 230 g/mol.